The van der Waals surface area contributed by atoms with Gasteiger partial charge in [-0.2, -0.15) is 0 Å². The number of amides is 1. The molecular formula is C15H17BrINO3. The van der Waals surface area contributed by atoms with Crippen molar-refractivity contribution in [1.29, 1.82) is 0 Å². The van der Waals surface area contributed by atoms with Gasteiger partial charge in [0.25, 0.3) is 5.91 Å². The van der Waals surface area contributed by atoms with Crippen molar-refractivity contribution in [3.05, 3.63) is 31.8 Å². The third-order valence-corrected chi connectivity index (χ3v) is 5.50. The van der Waals surface area contributed by atoms with Crippen LogP contribution in [0.1, 0.15) is 43.0 Å². The van der Waals surface area contributed by atoms with Crippen LogP contribution in [-0.4, -0.2) is 22.5 Å². The summed E-state index contributed by atoms with van der Waals surface area (Å²) in [7, 11) is 0. The maximum atomic E-state index is 12.5. The Hall–Kier alpha value is -0.630. The monoisotopic (exact) mass is 465 g/mol. The summed E-state index contributed by atoms with van der Waals surface area (Å²) in [6.07, 6.45) is 2.62. The highest BCUT2D eigenvalue weighted by Gasteiger charge is 2.42. The quantitative estimate of drug-likeness (QED) is 0.667. The molecule has 0 aromatic heterocycles. The SMILES string of the molecule is CC1CCC(NC(=O)c2cc(Br)ccc2I)(C(=O)O)CC1. The second-order valence-corrected chi connectivity index (χ2v) is 7.73. The fourth-order valence-electron chi connectivity index (χ4n) is 2.60. The highest BCUT2D eigenvalue weighted by molar-refractivity contribution is 14.1. The number of hydrogen-bond donors (Lipinski definition) is 2. The van der Waals surface area contributed by atoms with Crippen LogP contribution in [0.5, 0.6) is 0 Å². The van der Waals surface area contributed by atoms with Gasteiger partial charge in [0.15, 0.2) is 0 Å². The van der Waals surface area contributed by atoms with Gasteiger partial charge in [0.05, 0.1) is 5.56 Å². The van der Waals surface area contributed by atoms with Crippen molar-refractivity contribution in [2.45, 2.75) is 38.1 Å². The molecule has 0 spiro atoms. The van der Waals surface area contributed by atoms with Gasteiger partial charge in [0.2, 0.25) is 0 Å². The van der Waals surface area contributed by atoms with Crippen LogP contribution < -0.4 is 5.32 Å². The van der Waals surface area contributed by atoms with Crippen molar-refractivity contribution < 1.29 is 14.7 Å². The van der Waals surface area contributed by atoms with Gasteiger partial charge in [-0.3, -0.25) is 4.79 Å². The molecule has 0 aliphatic heterocycles. The Morgan fingerprint density at radius 3 is 2.57 bits per heavy atom. The minimum absolute atomic E-state index is 0.322. The summed E-state index contributed by atoms with van der Waals surface area (Å²) < 4.78 is 1.60. The number of hydrogen-bond acceptors (Lipinski definition) is 2. The Morgan fingerprint density at radius 1 is 1.38 bits per heavy atom. The first kappa shape index (κ1) is 16.7. The Morgan fingerprint density at radius 2 is 2.00 bits per heavy atom. The molecule has 2 rings (SSSR count). The second-order valence-electron chi connectivity index (χ2n) is 5.65. The lowest BCUT2D eigenvalue weighted by molar-refractivity contribution is -0.146. The maximum Gasteiger partial charge on any atom is 0.329 e. The van der Waals surface area contributed by atoms with Crippen molar-refractivity contribution in [2.75, 3.05) is 0 Å². The largest absolute Gasteiger partial charge is 0.480 e. The molecule has 0 radical (unpaired) electrons. The summed E-state index contributed by atoms with van der Waals surface area (Å²) in [5.74, 6) is -0.745. The van der Waals surface area contributed by atoms with Gasteiger partial charge in [-0.05, 0) is 72.4 Å². The molecule has 0 heterocycles. The molecular weight excluding hydrogens is 449 g/mol. The van der Waals surface area contributed by atoms with Crippen LogP contribution in [-0.2, 0) is 4.79 Å². The Bertz CT molecular complexity index is 568. The van der Waals surface area contributed by atoms with Crippen LogP contribution in [0.2, 0.25) is 0 Å². The van der Waals surface area contributed by atoms with E-state index in [2.05, 4.69) is 50.8 Å². The molecule has 6 heteroatoms. The molecule has 0 saturated heterocycles. The molecule has 1 aliphatic rings. The molecule has 4 nitrogen and oxygen atoms in total. The first-order valence-electron chi connectivity index (χ1n) is 6.85. The number of nitrogens with one attached hydrogen (secondary N) is 1. The van der Waals surface area contributed by atoms with Gasteiger partial charge in [0, 0.05) is 8.04 Å². The van der Waals surface area contributed by atoms with Crippen LogP contribution in [0.4, 0.5) is 0 Å². The average molecular weight is 466 g/mol. The van der Waals surface area contributed by atoms with Gasteiger partial charge in [0.1, 0.15) is 5.54 Å². The van der Waals surface area contributed by atoms with E-state index in [0.29, 0.717) is 24.3 Å². The predicted molar refractivity (Wildman–Crippen MR) is 92.3 cm³/mol. The highest BCUT2D eigenvalue weighted by Crippen LogP contribution is 2.32. The van der Waals surface area contributed by atoms with Crippen molar-refractivity contribution in [2.24, 2.45) is 5.92 Å². The Balaban J connectivity index is 2.23. The van der Waals surface area contributed by atoms with Gasteiger partial charge in [-0.1, -0.05) is 22.9 Å². The number of rotatable bonds is 3. The number of benzene rings is 1. The molecule has 1 saturated carbocycles. The molecule has 0 atom stereocenters. The molecule has 114 valence electrons. The minimum atomic E-state index is -1.13. The molecule has 21 heavy (non-hydrogen) atoms. The lowest BCUT2D eigenvalue weighted by Gasteiger charge is -2.36. The van der Waals surface area contributed by atoms with E-state index >= 15 is 0 Å². The number of carbonyl (C=O) groups is 2. The van der Waals surface area contributed by atoms with E-state index in [1.54, 1.807) is 6.07 Å². The lowest BCUT2D eigenvalue weighted by Crippen LogP contribution is -2.56. The second kappa shape index (κ2) is 6.64. The third kappa shape index (κ3) is 3.77. The van der Waals surface area contributed by atoms with Crippen molar-refractivity contribution >= 4 is 50.4 Å². The summed E-state index contributed by atoms with van der Waals surface area (Å²) in [6.45, 7) is 2.12. The molecule has 1 aromatic carbocycles. The normalized spacial score (nSPS) is 25.4. The summed E-state index contributed by atoms with van der Waals surface area (Å²) in [5.41, 5.74) is -0.626. The zero-order valence-corrected chi connectivity index (χ0v) is 15.4. The molecule has 0 unspecified atom stereocenters. The molecule has 2 N–H and O–H groups in total. The lowest BCUT2D eigenvalue weighted by atomic mass is 9.77. The van der Waals surface area contributed by atoms with Crippen molar-refractivity contribution in [3.63, 3.8) is 0 Å². The fraction of sp³-hybridized carbons (Fsp3) is 0.467. The van der Waals surface area contributed by atoms with Gasteiger partial charge in [-0.25, -0.2) is 4.79 Å². The first-order valence-corrected chi connectivity index (χ1v) is 8.72. The van der Waals surface area contributed by atoms with E-state index < -0.39 is 11.5 Å². The van der Waals surface area contributed by atoms with Gasteiger partial charge >= 0.3 is 5.97 Å². The molecule has 1 aliphatic carbocycles. The summed E-state index contributed by atoms with van der Waals surface area (Å²) in [6, 6.07) is 5.40. The van der Waals surface area contributed by atoms with Crippen LogP contribution in [0.15, 0.2) is 22.7 Å². The maximum absolute atomic E-state index is 12.5. The summed E-state index contributed by atoms with van der Waals surface area (Å²) in [4.78, 5) is 24.2. The van der Waals surface area contributed by atoms with E-state index in [1.165, 1.54) is 0 Å². The third-order valence-electron chi connectivity index (χ3n) is 4.06. The van der Waals surface area contributed by atoms with E-state index in [1.807, 2.05) is 12.1 Å². The molecule has 1 fully saturated rings. The van der Waals surface area contributed by atoms with Crippen LogP contribution in [0.3, 0.4) is 0 Å². The van der Waals surface area contributed by atoms with Gasteiger partial charge in [-0.15, -0.1) is 0 Å². The fourth-order valence-corrected chi connectivity index (χ4v) is 3.54. The topological polar surface area (TPSA) is 66.4 Å². The molecule has 0 bridgehead atoms. The summed E-state index contributed by atoms with van der Waals surface area (Å²) in [5, 5.41) is 12.3. The number of aliphatic carboxylic acids is 1. The number of halogens is 2. The van der Waals surface area contributed by atoms with E-state index in [4.69, 9.17) is 0 Å². The van der Waals surface area contributed by atoms with Crippen molar-refractivity contribution in [3.8, 4) is 0 Å². The Kier molecular flexibility index (Phi) is 5.29. The first-order chi connectivity index (χ1) is 9.84. The predicted octanol–water partition coefficient (Wildman–Crippen LogP) is 3.82. The zero-order valence-electron chi connectivity index (χ0n) is 11.7. The minimum Gasteiger partial charge on any atom is -0.480 e. The van der Waals surface area contributed by atoms with Crippen molar-refractivity contribution in [1.82, 2.24) is 5.32 Å². The van der Waals surface area contributed by atoms with Crippen LogP contribution in [0.25, 0.3) is 0 Å². The van der Waals surface area contributed by atoms with E-state index in [0.717, 1.165) is 20.9 Å². The van der Waals surface area contributed by atoms with Crippen LogP contribution in [0, 0.1) is 9.49 Å². The number of carbonyl (C=O) groups excluding carboxylic acids is 1. The van der Waals surface area contributed by atoms with Crippen LogP contribution >= 0.6 is 38.5 Å². The summed E-state index contributed by atoms with van der Waals surface area (Å²) >= 11 is 5.42. The zero-order chi connectivity index (χ0) is 15.6. The van der Waals surface area contributed by atoms with E-state index in [9.17, 15) is 14.7 Å². The molecule has 1 aromatic rings. The smallest absolute Gasteiger partial charge is 0.329 e. The average Bonchev–Trinajstić information content (AvgIpc) is 2.44. The Labute approximate surface area is 146 Å². The highest BCUT2D eigenvalue weighted by atomic mass is 127. The number of carboxylic acids is 1. The molecule has 1 amide bonds. The van der Waals surface area contributed by atoms with E-state index in [-0.39, 0.29) is 5.91 Å². The van der Waals surface area contributed by atoms with Gasteiger partial charge < -0.3 is 10.4 Å². The number of carboxylic acid groups (broad SMARTS) is 1. The standard InChI is InChI=1S/C15H17BrINO3/c1-9-4-6-15(7-5-9,14(20)21)18-13(19)11-8-10(16)2-3-12(11)17/h2-3,8-9H,4-7H2,1H3,(H,18,19)(H,20,21).